The number of unbranched alkanes of at least 4 members (excludes halogenated alkanes) is 1. The van der Waals surface area contributed by atoms with Gasteiger partial charge < -0.3 is 9.05 Å². The molecule has 0 amide bonds. The summed E-state index contributed by atoms with van der Waals surface area (Å²) in [6, 6.07) is 0. The van der Waals surface area contributed by atoms with Crippen LogP contribution < -0.4 is 0 Å². The SMILES string of the molecule is CC/C=C\CC(/C=C/C=C\C=C/C(C/C=C\C/C=C\CCC)OP)OPP. The highest BCUT2D eigenvalue weighted by atomic mass is 32.0. The second kappa shape index (κ2) is 21.9. The van der Waals surface area contributed by atoms with Gasteiger partial charge in [0.25, 0.3) is 0 Å². The quantitative estimate of drug-likeness (QED) is 0.143. The van der Waals surface area contributed by atoms with Crippen LogP contribution in [-0.4, -0.2) is 12.2 Å². The van der Waals surface area contributed by atoms with Gasteiger partial charge in [-0.15, -0.1) is 0 Å². The van der Waals surface area contributed by atoms with Gasteiger partial charge in [-0.3, -0.25) is 0 Å². The Morgan fingerprint density at radius 1 is 0.815 bits per heavy atom. The molecule has 0 aromatic rings. The van der Waals surface area contributed by atoms with Gasteiger partial charge in [-0.25, -0.2) is 0 Å². The lowest BCUT2D eigenvalue weighted by atomic mass is 10.2. The third-order valence-electron chi connectivity index (χ3n) is 3.58. The van der Waals surface area contributed by atoms with Crippen LogP contribution in [0.4, 0.5) is 0 Å². The van der Waals surface area contributed by atoms with E-state index in [1.54, 1.807) is 0 Å². The van der Waals surface area contributed by atoms with Gasteiger partial charge in [-0.2, -0.15) is 0 Å². The van der Waals surface area contributed by atoms with Crippen LogP contribution in [0.15, 0.2) is 72.9 Å². The molecule has 0 aromatic heterocycles. The van der Waals surface area contributed by atoms with Crippen molar-refractivity contribution in [2.24, 2.45) is 0 Å². The lowest BCUT2D eigenvalue weighted by Crippen LogP contribution is -2.01. The van der Waals surface area contributed by atoms with Crippen molar-refractivity contribution in [2.45, 2.75) is 64.6 Å². The molecule has 0 aliphatic carbocycles. The number of rotatable bonds is 16. The minimum absolute atomic E-state index is 0.0769. The zero-order chi connectivity index (χ0) is 20.0. The topological polar surface area (TPSA) is 18.5 Å². The second-order valence-electron chi connectivity index (χ2n) is 5.92. The van der Waals surface area contributed by atoms with Crippen molar-refractivity contribution in [1.82, 2.24) is 0 Å². The summed E-state index contributed by atoms with van der Waals surface area (Å²) in [5.74, 6) is 0. The summed E-state index contributed by atoms with van der Waals surface area (Å²) in [7, 11) is 5.41. The first-order valence-electron chi connectivity index (χ1n) is 9.71. The van der Waals surface area contributed by atoms with Crippen molar-refractivity contribution in [1.29, 1.82) is 0 Å². The highest BCUT2D eigenvalue weighted by Gasteiger charge is 2.00. The molecule has 0 aliphatic heterocycles. The molecule has 2 nitrogen and oxygen atoms in total. The molecule has 27 heavy (non-hydrogen) atoms. The number of hydrogen-bond acceptors (Lipinski definition) is 2. The van der Waals surface area contributed by atoms with E-state index in [2.05, 4.69) is 80.9 Å². The third-order valence-corrected chi connectivity index (χ3v) is 4.78. The van der Waals surface area contributed by atoms with Crippen LogP contribution in [0.2, 0.25) is 0 Å². The summed E-state index contributed by atoms with van der Waals surface area (Å²) >= 11 is 0. The molecule has 0 rings (SSSR count). The molecule has 0 radical (unpaired) electrons. The summed E-state index contributed by atoms with van der Waals surface area (Å²) in [5, 5.41) is 0. The van der Waals surface area contributed by atoms with Gasteiger partial charge >= 0.3 is 0 Å². The highest BCUT2D eigenvalue weighted by Crippen LogP contribution is 2.25. The van der Waals surface area contributed by atoms with E-state index in [4.69, 9.17) is 9.05 Å². The van der Waals surface area contributed by atoms with E-state index < -0.39 is 0 Å². The van der Waals surface area contributed by atoms with E-state index in [9.17, 15) is 0 Å². The Hall–Kier alpha value is -0.350. The molecule has 0 fully saturated rings. The van der Waals surface area contributed by atoms with Crippen molar-refractivity contribution in [2.75, 3.05) is 0 Å². The van der Waals surface area contributed by atoms with E-state index in [-0.39, 0.29) is 12.2 Å². The van der Waals surface area contributed by atoms with Crippen molar-refractivity contribution in [3.8, 4) is 0 Å². The van der Waals surface area contributed by atoms with E-state index in [1.165, 1.54) is 6.42 Å². The van der Waals surface area contributed by atoms with E-state index in [1.807, 2.05) is 24.3 Å². The molecule has 0 heterocycles. The van der Waals surface area contributed by atoms with Crippen LogP contribution in [0.5, 0.6) is 0 Å². The van der Waals surface area contributed by atoms with E-state index >= 15 is 0 Å². The Morgan fingerprint density at radius 3 is 2.07 bits per heavy atom. The fraction of sp³-hybridized carbons (Fsp3) is 0.455. The molecular formula is C22H37O2P3. The standard InChI is InChI=1S/C22H37O2P3/c1-3-5-7-8-9-10-14-17-21(23-25)18-15-11-12-16-20-22(24-27-26)19-13-6-4-2/h6-8,10-16,18,20-22,27H,3-5,9,17,19,25-26H2,1-2H3/b8-7-,12-11-,13-6-,14-10-,18-15-,20-16+. The highest BCUT2D eigenvalue weighted by molar-refractivity contribution is 8.00. The van der Waals surface area contributed by atoms with Gasteiger partial charge in [0.15, 0.2) is 0 Å². The molecule has 0 spiro atoms. The zero-order valence-electron chi connectivity index (χ0n) is 16.8. The van der Waals surface area contributed by atoms with Gasteiger partial charge in [0.1, 0.15) is 0 Å². The predicted octanol–water partition coefficient (Wildman–Crippen LogP) is 7.65. The summed E-state index contributed by atoms with van der Waals surface area (Å²) in [6.07, 6.45) is 31.9. The van der Waals surface area contributed by atoms with Gasteiger partial charge in [0.2, 0.25) is 0 Å². The number of allylic oxidation sites excluding steroid dienone is 8. The zero-order valence-corrected chi connectivity index (χ0v) is 20.1. The van der Waals surface area contributed by atoms with Crippen LogP contribution in [0.25, 0.3) is 0 Å². The molecule has 0 saturated carbocycles. The second-order valence-corrected chi connectivity index (χ2v) is 7.37. The molecule has 0 aromatic carbocycles. The van der Waals surface area contributed by atoms with Crippen LogP contribution in [0, 0.1) is 0 Å². The predicted molar refractivity (Wildman–Crippen MR) is 131 cm³/mol. The first-order valence-corrected chi connectivity index (χ1v) is 12.9. The Balaban J connectivity index is 4.24. The fourth-order valence-corrected chi connectivity index (χ4v) is 3.20. The van der Waals surface area contributed by atoms with Crippen LogP contribution >= 0.6 is 26.9 Å². The average molecular weight is 426 g/mol. The molecule has 5 unspecified atom stereocenters. The first kappa shape index (κ1) is 26.6. The van der Waals surface area contributed by atoms with Gasteiger partial charge in [-0.05, 0) is 32.1 Å². The lowest BCUT2D eigenvalue weighted by Gasteiger charge is -2.09. The van der Waals surface area contributed by atoms with Gasteiger partial charge in [-0.1, -0.05) is 102 Å². The summed E-state index contributed by atoms with van der Waals surface area (Å²) in [6.45, 7) is 4.33. The van der Waals surface area contributed by atoms with Gasteiger partial charge in [0.05, 0.1) is 12.2 Å². The van der Waals surface area contributed by atoms with Crippen LogP contribution in [-0.2, 0) is 9.05 Å². The summed E-state index contributed by atoms with van der Waals surface area (Å²) in [4.78, 5) is 0. The van der Waals surface area contributed by atoms with Crippen molar-refractivity contribution in [3.05, 3.63) is 72.9 Å². The Kier molecular flexibility index (Phi) is 21.7. The molecule has 152 valence electrons. The van der Waals surface area contributed by atoms with Crippen molar-refractivity contribution < 1.29 is 9.05 Å². The lowest BCUT2D eigenvalue weighted by molar-refractivity contribution is 0.296. The van der Waals surface area contributed by atoms with E-state index in [0.717, 1.165) is 32.1 Å². The maximum absolute atomic E-state index is 5.70. The van der Waals surface area contributed by atoms with Crippen LogP contribution in [0.1, 0.15) is 52.4 Å². The molecule has 0 N–H and O–H groups in total. The molecule has 5 heteroatoms. The van der Waals surface area contributed by atoms with E-state index in [0.29, 0.717) is 8.50 Å². The van der Waals surface area contributed by atoms with Crippen molar-refractivity contribution >= 4 is 26.9 Å². The summed E-state index contributed by atoms with van der Waals surface area (Å²) in [5.41, 5.74) is 0. The smallest absolute Gasteiger partial charge is 0.0836 e. The van der Waals surface area contributed by atoms with Gasteiger partial charge in [0, 0.05) is 18.0 Å². The molecule has 0 saturated heterocycles. The third kappa shape index (κ3) is 18.8. The normalized spacial score (nSPS) is 16.0. The minimum Gasteiger partial charge on any atom is -0.358 e. The summed E-state index contributed by atoms with van der Waals surface area (Å²) < 4.78 is 11.1. The number of hydrogen-bond donors (Lipinski definition) is 0. The minimum atomic E-state index is 0.0769. The molecule has 0 aliphatic rings. The largest absolute Gasteiger partial charge is 0.358 e. The average Bonchev–Trinajstić information content (AvgIpc) is 2.68. The van der Waals surface area contributed by atoms with Crippen molar-refractivity contribution in [3.63, 3.8) is 0 Å². The Bertz CT molecular complexity index is 494. The maximum atomic E-state index is 5.70. The molecule has 5 atom stereocenters. The molecular weight excluding hydrogens is 389 g/mol. The van der Waals surface area contributed by atoms with Crippen LogP contribution in [0.3, 0.4) is 0 Å². The monoisotopic (exact) mass is 426 g/mol. The Labute approximate surface area is 173 Å². The maximum Gasteiger partial charge on any atom is 0.0836 e. The fourth-order valence-electron chi connectivity index (χ4n) is 2.12. The first-order chi connectivity index (χ1) is 13.3. The Morgan fingerprint density at radius 2 is 1.44 bits per heavy atom. The molecule has 0 bridgehead atoms.